The van der Waals surface area contributed by atoms with Gasteiger partial charge in [0.1, 0.15) is 0 Å². The highest BCUT2D eigenvalue weighted by Crippen LogP contribution is 2.21. The van der Waals surface area contributed by atoms with E-state index in [0.29, 0.717) is 12.1 Å². The fourth-order valence-corrected chi connectivity index (χ4v) is 1.55. The van der Waals surface area contributed by atoms with Crippen LogP contribution in [-0.4, -0.2) is 19.1 Å². The SMILES string of the molecule is COc1cc(NC(=O)CCCC(C)N)ccc1F. The van der Waals surface area contributed by atoms with Crippen molar-refractivity contribution in [1.82, 2.24) is 0 Å². The smallest absolute Gasteiger partial charge is 0.224 e. The molecule has 1 rings (SSSR count). The Morgan fingerprint density at radius 3 is 2.89 bits per heavy atom. The van der Waals surface area contributed by atoms with Gasteiger partial charge in [-0.3, -0.25) is 4.79 Å². The summed E-state index contributed by atoms with van der Waals surface area (Å²) in [7, 11) is 1.38. The second kappa shape index (κ2) is 6.96. The van der Waals surface area contributed by atoms with Crippen LogP contribution in [0.2, 0.25) is 0 Å². The Hall–Kier alpha value is -1.62. The average Bonchev–Trinajstić information content (AvgIpc) is 2.31. The number of methoxy groups -OCH3 is 1. The first-order valence-electron chi connectivity index (χ1n) is 5.92. The number of amides is 1. The van der Waals surface area contributed by atoms with Gasteiger partial charge >= 0.3 is 0 Å². The summed E-state index contributed by atoms with van der Waals surface area (Å²) in [4.78, 5) is 11.6. The fraction of sp³-hybridized carbons (Fsp3) is 0.462. The van der Waals surface area contributed by atoms with E-state index in [4.69, 9.17) is 10.5 Å². The lowest BCUT2D eigenvalue weighted by molar-refractivity contribution is -0.116. The van der Waals surface area contributed by atoms with Gasteiger partial charge in [0, 0.05) is 24.2 Å². The Morgan fingerprint density at radius 2 is 2.28 bits per heavy atom. The molecule has 0 fully saturated rings. The maximum atomic E-state index is 13.1. The molecule has 0 aliphatic heterocycles. The molecule has 5 heteroatoms. The molecule has 0 spiro atoms. The summed E-state index contributed by atoms with van der Waals surface area (Å²) in [6.07, 6.45) is 1.95. The van der Waals surface area contributed by atoms with Gasteiger partial charge in [-0.05, 0) is 31.9 Å². The van der Waals surface area contributed by atoms with Gasteiger partial charge in [0.05, 0.1) is 7.11 Å². The van der Waals surface area contributed by atoms with Crippen molar-refractivity contribution in [2.24, 2.45) is 5.73 Å². The van der Waals surface area contributed by atoms with Gasteiger partial charge in [-0.1, -0.05) is 0 Å². The number of hydrogen-bond acceptors (Lipinski definition) is 3. The predicted octanol–water partition coefficient (Wildman–Crippen LogP) is 2.29. The molecular formula is C13H19FN2O2. The molecule has 1 aromatic rings. The van der Waals surface area contributed by atoms with E-state index in [1.54, 1.807) is 0 Å². The van der Waals surface area contributed by atoms with Crippen molar-refractivity contribution in [3.8, 4) is 5.75 Å². The Bertz CT molecular complexity index is 408. The maximum Gasteiger partial charge on any atom is 0.224 e. The first kappa shape index (κ1) is 14.4. The normalized spacial score (nSPS) is 12.0. The molecule has 0 bridgehead atoms. The van der Waals surface area contributed by atoms with Crippen LogP contribution in [0.5, 0.6) is 5.75 Å². The number of carbonyl (C=O) groups is 1. The van der Waals surface area contributed by atoms with Crippen molar-refractivity contribution < 1.29 is 13.9 Å². The summed E-state index contributed by atoms with van der Waals surface area (Å²) >= 11 is 0. The number of halogens is 1. The van der Waals surface area contributed by atoms with Crippen LogP contribution in [0.1, 0.15) is 26.2 Å². The lowest BCUT2D eigenvalue weighted by atomic mass is 10.1. The van der Waals surface area contributed by atoms with Crippen LogP contribution in [0, 0.1) is 5.82 Å². The third-order valence-electron chi connectivity index (χ3n) is 2.50. The third-order valence-corrected chi connectivity index (χ3v) is 2.50. The number of nitrogens with one attached hydrogen (secondary N) is 1. The highest BCUT2D eigenvalue weighted by Gasteiger charge is 2.07. The minimum Gasteiger partial charge on any atom is -0.494 e. The molecule has 3 N–H and O–H groups in total. The van der Waals surface area contributed by atoms with E-state index >= 15 is 0 Å². The number of ether oxygens (including phenoxy) is 1. The molecule has 1 amide bonds. The van der Waals surface area contributed by atoms with Crippen molar-refractivity contribution >= 4 is 11.6 Å². The highest BCUT2D eigenvalue weighted by molar-refractivity contribution is 5.90. The van der Waals surface area contributed by atoms with Crippen LogP contribution >= 0.6 is 0 Å². The molecule has 0 aliphatic carbocycles. The van der Waals surface area contributed by atoms with E-state index in [0.717, 1.165) is 12.8 Å². The number of benzene rings is 1. The standard InChI is InChI=1S/C13H19FN2O2/c1-9(15)4-3-5-13(17)16-10-6-7-11(14)12(8-10)18-2/h6-9H,3-5,15H2,1-2H3,(H,16,17). The predicted molar refractivity (Wildman–Crippen MR) is 69.1 cm³/mol. The topological polar surface area (TPSA) is 64.3 Å². The number of nitrogens with two attached hydrogens (primary N) is 1. The van der Waals surface area contributed by atoms with Gasteiger partial charge in [-0.2, -0.15) is 0 Å². The zero-order valence-corrected chi connectivity index (χ0v) is 10.7. The van der Waals surface area contributed by atoms with Crippen LogP contribution < -0.4 is 15.8 Å². The second-order valence-corrected chi connectivity index (χ2v) is 4.27. The molecule has 1 unspecified atom stereocenters. The molecule has 1 aromatic carbocycles. The quantitative estimate of drug-likeness (QED) is 0.818. The lowest BCUT2D eigenvalue weighted by Gasteiger charge is -2.08. The van der Waals surface area contributed by atoms with Crippen molar-refractivity contribution in [1.29, 1.82) is 0 Å². The molecule has 1 atom stereocenters. The average molecular weight is 254 g/mol. The minimum absolute atomic E-state index is 0.101. The van der Waals surface area contributed by atoms with E-state index in [1.165, 1.54) is 25.3 Å². The first-order chi connectivity index (χ1) is 8.52. The summed E-state index contributed by atoms with van der Waals surface area (Å²) < 4.78 is 18.0. The third kappa shape index (κ3) is 4.71. The minimum atomic E-state index is -0.451. The first-order valence-corrected chi connectivity index (χ1v) is 5.92. The van der Waals surface area contributed by atoms with Crippen molar-refractivity contribution in [3.05, 3.63) is 24.0 Å². The zero-order valence-electron chi connectivity index (χ0n) is 10.7. The zero-order chi connectivity index (χ0) is 13.5. The molecule has 18 heavy (non-hydrogen) atoms. The number of hydrogen-bond donors (Lipinski definition) is 2. The molecule has 0 aromatic heterocycles. The van der Waals surface area contributed by atoms with Gasteiger partial charge in [0.15, 0.2) is 11.6 Å². The second-order valence-electron chi connectivity index (χ2n) is 4.27. The fourth-order valence-electron chi connectivity index (χ4n) is 1.55. The summed E-state index contributed by atoms with van der Waals surface area (Å²) in [5.41, 5.74) is 6.12. The highest BCUT2D eigenvalue weighted by atomic mass is 19.1. The molecule has 0 aliphatic rings. The van der Waals surface area contributed by atoms with E-state index in [1.807, 2.05) is 6.92 Å². The van der Waals surface area contributed by atoms with Gasteiger partial charge in [0.2, 0.25) is 5.91 Å². The summed E-state index contributed by atoms with van der Waals surface area (Å²) in [6.45, 7) is 1.91. The molecule has 4 nitrogen and oxygen atoms in total. The molecule has 0 radical (unpaired) electrons. The van der Waals surface area contributed by atoms with Crippen LogP contribution in [0.25, 0.3) is 0 Å². The summed E-state index contributed by atoms with van der Waals surface area (Å²) in [6, 6.07) is 4.32. The van der Waals surface area contributed by atoms with E-state index < -0.39 is 5.82 Å². The monoisotopic (exact) mass is 254 g/mol. The van der Waals surface area contributed by atoms with E-state index in [-0.39, 0.29) is 17.7 Å². The Labute approximate surface area is 106 Å². The van der Waals surface area contributed by atoms with Gasteiger partial charge < -0.3 is 15.8 Å². The van der Waals surface area contributed by atoms with Crippen molar-refractivity contribution in [3.63, 3.8) is 0 Å². The van der Waals surface area contributed by atoms with Crippen LogP contribution in [0.15, 0.2) is 18.2 Å². The van der Waals surface area contributed by atoms with Crippen molar-refractivity contribution in [2.45, 2.75) is 32.2 Å². The van der Waals surface area contributed by atoms with Gasteiger partial charge in [-0.15, -0.1) is 0 Å². The maximum absolute atomic E-state index is 13.1. The molecule has 0 saturated heterocycles. The van der Waals surface area contributed by atoms with E-state index in [2.05, 4.69) is 5.32 Å². The molecule has 100 valence electrons. The van der Waals surface area contributed by atoms with Gasteiger partial charge in [-0.25, -0.2) is 4.39 Å². The Kier molecular flexibility index (Phi) is 5.58. The number of rotatable bonds is 6. The largest absolute Gasteiger partial charge is 0.494 e. The van der Waals surface area contributed by atoms with Gasteiger partial charge in [0.25, 0.3) is 0 Å². The molecule has 0 heterocycles. The number of carbonyl (C=O) groups excluding carboxylic acids is 1. The van der Waals surface area contributed by atoms with Crippen LogP contribution in [0.4, 0.5) is 10.1 Å². The summed E-state index contributed by atoms with van der Waals surface area (Å²) in [5, 5.41) is 2.69. The summed E-state index contributed by atoms with van der Waals surface area (Å²) in [5.74, 6) is -0.444. The van der Waals surface area contributed by atoms with Crippen molar-refractivity contribution in [2.75, 3.05) is 12.4 Å². The lowest BCUT2D eigenvalue weighted by Crippen LogP contribution is -2.16. The molecule has 0 saturated carbocycles. The van der Waals surface area contributed by atoms with Crippen LogP contribution in [-0.2, 0) is 4.79 Å². The number of anilines is 1. The van der Waals surface area contributed by atoms with E-state index in [9.17, 15) is 9.18 Å². The Balaban J connectivity index is 2.49. The van der Waals surface area contributed by atoms with Crippen LogP contribution in [0.3, 0.4) is 0 Å². The molecular weight excluding hydrogens is 235 g/mol. The Morgan fingerprint density at radius 1 is 1.56 bits per heavy atom.